The van der Waals surface area contributed by atoms with Crippen LogP contribution < -0.4 is 20.1 Å². The third kappa shape index (κ3) is 2.41. The summed E-state index contributed by atoms with van der Waals surface area (Å²) >= 11 is 0. The monoisotopic (exact) mass is 265 g/mol. The third-order valence-electron chi connectivity index (χ3n) is 3.39. The number of fused-ring (bicyclic) bond motifs is 1. The highest BCUT2D eigenvalue weighted by atomic mass is 16.7. The second-order valence-electron chi connectivity index (χ2n) is 4.65. The molecule has 7 nitrogen and oxygen atoms in total. The molecule has 0 saturated carbocycles. The van der Waals surface area contributed by atoms with E-state index in [1.807, 2.05) is 0 Å². The van der Waals surface area contributed by atoms with Crippen LogP contribution in [-0.4, -0.2) is 30.8 Å². The van der Waals surface area contributed by atoms with Gasteiger partial charge >= 0.3 is 0 Å². The molecule has 19 heavy (non-hydrogen) atoms. The summed E-state index contributed by atoms with van der Waals surface area (Å²) in [6.45, 7) is 1.97. The molecule has 0 radical (unpaired) electrons. The van der Waals surface area contributed by atoms with Crippen molar-refractivity contribution in [3.8, 4) is 11.5 Å². The molecule has 2 heterocycles. The van der Waals surface area contributed by atoms with Crippen molar-refractivity contribution in [2.45, 2.75) is 18.9 Å². The van der Waals surface area contributed by atoms with Crippen LogP contribution >= 0.6 is 0 Å². The van der Waals surface area contributed by atoms with E-state index in [1.165, 1.54) is 6.07 Å². The molecule has 0 aliphatic carbocycles. The van der Waals surface area contributed by atoms with Gasteiger partial charge in [0, 0.05) is 12.1 Å². The maximum atomic E-state index is 11.1. The van der Waals surface area contributed by atoms with Gasteiger partial charge in [0.1, 0.15) is 5.69 Å². The van der Waals surface area contributed by atoms with E-state index in [1.54, 1.807) is 6.07 Å². The Morgan fingerprint density at radius 2 is 1.95 bits per heavy atom. The number of hydrogen-bond donors (Lipinski definition) is 2. The van der Waals surface area contributed by atoms with E-state index in [9.17, 15) is 10.1 Å². The van der Waals surface area contributed by atoms with E-state index < -0.39 is 4.92 Å². The minimum atomic E-state index is -0.397. The zero-order valence-corrected chi connectivity index (χ0v) is 10.3. The molecule has 0 spiro atoms. The van der Waals surface area contributed by atoms with Crippen molar-refractivity contribution >= 4 is 11.4 Å². The second-order valence-corrected chi connectivity index (χ2v) is 4.65. The molecule has 2 aliphatic rings. The highest BCUT2D eigenvalue weighted by Gasteiger charge is 2.25. The summed E-state index contributed by atoms with van der Waals surface area (Å²) in [5.74, 6) is 0.990. The Balaban J connectivity index is 1.87. The summed E-state index contributed by atoms with van der Waals surface area (Å²) in [5.41, 5.74) is 0.531. The average Bonchev–Trinajstić information content (AvgIpc) is 2.86. The van der Waals surface area contributed by atoms with Crippen LogP contribution in [0.1, 0.15) is 12.8 Å². The van der Waals surface area contributed by atoms with E-state index in [-0.39, 0.29) is 18.5 Å². The van der Waals surface area contributed by atoms with Crippen molar-refractivity contribution in [1.82, 2.24) is 5.32 Å². The Bertz CT molecular complexity index is 500. The topological polar surface area (TPSA) is 85.7 Å². The summed E-state index contributed by atoms with van der Waals surface area (Å²) in [5, 5.41) is 17.6. The number of benzene rings is 1. The van der Waals surface area contributed by atoms with E-state index in [4.69, 9.17) is 9.47 Å². The lowest BCUT2D eigenvalue weighted by atomic mass is 10.1. The molecule has 0 aromatic heterocycles. The van der Waals surface area contributed by atoms with E-state index in [2.05, 4.69) is 10.6 Å². The number of nitro benzene ring substituents is 1. The Labute approximate surface area is 110 Å². The van der Waals surface area contributed by atoms with Crippen LogP contribution in [-0.2, 0) is 0 Å². The van der Waals surface area contributed by atoms with Crippen molar-refractivity contribution in [3.05, 3.63) is 22.2 Å². The van der Waals surface area contributed by atoms with Gasteiger partial charge in [0.05, 0.1) is 11.0 Å². The standard InChI is InChI=1S/C12H15N3O4/c16-15(17)10-6-12-11(18-7-19-12)5-9(10)14-8-1-3-13-4-2-8/h5-6,8,13-14H,1-4,7H2. The molecule has 1 aromatic carbocycles. The number of rotatable bonds is 3. The largest absolute Gasteiger partial charge is 0.454 e. The molecule has 0 atom stereocenters. The van der Waals surface area contributed by atoms with Crippen LogP contribution in [0.25, 0.3) is 0 Å². The van der Waals surface area contributed by atoms with Crippen molar-refractivity contribution in [2.24, 2.45) is 0 Å². The number of anilines is 1. The van der Waals surface area contributed by atoms with Crippen molar-refractivity contribution < 1.29 is 14.4 Å². The summed E-state index contributed by atoms with van der Waals surface area (Å²) in [7, 11) is 0. The Kier molecular flexibility index (Phi) is 3.12. The number of hydrogen-bond acceptors (Lipinski definition) is 6. The van der Waals surface area contributed by atoms with Gasteiger partial charge in [0.25, 0.3) is 5.69 Å². The maximum absolute atomic E-state index is 11.1. The fourth-order valence-corrected chi connectivity index (χ4v) is 2.38. The Morgan fingerprint density at radius 3 is 2.63 bits per heavy atom. The smallest absolute Gasteiger partial charge is 0.296 e. The molecule has 7 heteroatoms. The van der Waals surface area contributed by atoms with Gasteiger partial charge in [-0.2, -0.15) is 0 Å². The van der Waals surface area contributed by atoms with E-state index in [0.717, 1.165) is 25.9 Å². The molecular formula is C12H15N3O4. The molecule has 1 aromatic rings. The lowest BCUT2D eigenvalue weighted by molar-refractivity contribution is -0.384. The molecule has 0 bridgehead atoms. The predicted octanol–water partition coefficient (Wildman–Crippen LogP) is 1.49. The highest BCUT2D eigenvalue weighted by Crippen LogP contribution is 2.40. The van der Waals surface area contributed by atoms with Gasteiger partial charge in [-0.15, -0.1) is 0 Å². The van der Waals surface area contributed by atoms with Gasteiger partial charge in [0.15, 0.2) is 11.5 Å². The molecular weight excluding hydrogens is 250 g/mol. The summed E-state index contributed by atoms with van der Waals surface area (Å²) in [6, 6.07) is 3.33. The first-order valence-electron chi connectivity index (χ1n) is 6.29. The number of nitrogens with zero attached hydrogens (tertiary/aromatic N) is 1. The summed E-state index contributed by atoms with van der Waals surface area (Å²) in [4.78, 5) is 10.7. The molecule has 102 valence electrons. The Morgan fingerprint density at radius 1 is 1.26 bits per heavy atom. The molecule has 3 rings (SSSR count). The normalized spacial score (nSPS) is 18.3. The molecule has 0 unspecified atom stereocenters. The van der Waals surface area contributed by atoms with Crippen molar-refractivity contribution in [1.29, 1.82) is 0 Å². The van der Waals surface area contributed by atoms with Gasteiger partial charge in [-0.3, -0.25) is 10.1 Å². The van der Waals surface area contributed by atoms with Gasteiger partial charge in [-0.1, -0.05) is 0 Å². The number of piperidine rings is 1. The minimum absolute atomic E-state index is 0.0304. The lowest BCUT2D eigenvalue weighted by Crippen LogP contribution is -2.35. The Hall–Kier alpha value is -2.02. The fourth-order valence-electron chi connectivity index (χ4n) is 2.38. The SMILES string of the molecule is O=[N+]([O-])c1cc2c(cc1NC1CCNCC1)OCO2. The predicted molar refractivity (Wildman–Crippen MR) is 68.7 cm³/mol. The molecule has 1 fully saturated rings. The minimum Gasteiger partial charge on any atom is -0.454 e. The number of nitrogens with one attached hydrogen (secondary N) is 2. The van der Waals surface area contributed by atoms with Gasteiger partial charge in [0.2, 0.25) is 6.79 Å². The summed E-state index contributed by atoms with van der Waals surface area (Å²) < 4.78 is 10.4. The van der Waals surface area contributed by atoms with Crippen LogP contribution in [0.4, 0.5) is 11.4 Å². The average molecular weight is 265 g/mol. The lowest BCUT2D eigenvalue weighted by Gasteiger charge is -2.24. The van der Waals surface area contributed by atoms with Crippen molar-refractivity contribution in [3.63, 3.8) is 0 Å². The van der Waals surface area contributed by atoms with Crippen molar-refractivity contribution in [2.75, 3.05) is 25.2 Å². The van der Waals surface area contributed by atoms with E-state index in [0.29, 0.717) is 17.2 Å². The molecule has 0 amide bonds. The van der Waals surface area contributed by atoms with Gasteiger partial charge < -0.3 is 20.1 Å². The second kappa shape index (κ2) is 4.93. The van der Waals surface area contributed by atoms with Crippen LogP contribution in [0.3, 0.4) is 0 Å². The van der Waals surface area contributed by atoms with E-state index >= 15 is 0 Å². The third-order valence-corrected chi connectivity index (χ3v) is 3.39. The number of nitro groups is 1. The quantitative estimate of drug-likeness (QED) is 0.636. The van der Waals surface area contributed by atoms with Crippen LogP contribution in [0.5, 0.6) is 11.5 Å². The maximum Gasteiger partial charge on any atom is 0.296 e. The van der Waals surface area contributed by atoms with Crippen LogP contribution in [0.2, 0.25) is 0 Å². The zero-order valence-electron chi connectivity index (χ0n) is 10.3. The molecule has 2 N–H and O–H groups in total. The highest BCUT2D eigenvalue weighted by molar-refractivity contribution is 5.69. The fraction of sp³-hybridized carbons (Fsp3) is 0.500. The van der Waals surface area contributed by atoms with Crippen LogP contribution in [0.15, 0.2) is 12.1 Å². The van der Waals surface area contributed by atoms with Gasteiger partial charge in [-0.05, 0) is 25.9 Å². The first kappa shape index (κ1) is 12.0. The first-order chi connectivity index (χ1) is 9.24. The summed E-state index contributed by atoms with van der Waals surface area (Å²) in [6.07, 6.45) is 1.90. The molecule has 2 aliphatic heterocycles. The molecule has 1 saturated heterocycles. The zero-order chi connectivity index (χ0) is 13.2. The van der Waals surface area contributed by atoms with Crippen LogP contribution in [0, 0.1) is 10.1 Å². The first-order valence-corrected chi connectivity index (χ1v) is 6.29. The number of ether oxygens (including phenoxy) is 2. The van der Waals surface area contributed by atoms with Gasteiger partial charge in [-0.25, -0.2) is 0 Å².